The minimum absolute atomic E-state index is 0.0945. The lowest BCUT2D eigenvalue weighted by Crippen LogP contribution is -2.95. The normalized spacial score (nSPS) is 16.0. The first-order valence-electron chi connectivity index (χ1n) is 14.4. The molecule has 0 saturated carbocycles. The molecule has 7 aromatic rings. The van der Waals surface area contributed by atoms with E-state index in [1.165, 1.54) is 86.6 Å². The average molecular weight is 543 g/mol. The second kappa shape index (κ2) is 8.27. The summed E-state index contributed by atoms with van der Waals surface area (Å²) in [6.45, 7) is 4.83. The van der Waals surface area contributed by atoms with Crippen molar-refractivity contribution < 1.29 is 4.90 Å². The summed E-state index contributed by atoms with van der Waals surface area (Å²) in [5, 5.41) is 2.82. The molecule has 0 radical (unpaired) electrons. The third kappa shape index (κ3) is 3.15. The summed E-state index contributed by atoms with van der Waals surface area (Å²) in [5.41, 5.74) is 14.7. The smallest absolute Gasteiger partial charge is 0.149 e. The van der Waals surface area contributed by atoms with E-state index >= 15 is 0 Å². The maximum atomic E-state index is 2.49. The summed E-state index contributed by atoms with van der Waals surface area (Å²) in [5.74, 6) is 0. The number of fused-ring (bicyclic) bond motifs is 10. The number of hydrogen-bond acceptors (Lipinski definition) is 1. The Morgan fingerprint density at radius 3 is 2.20 bits per heavy atom. The van der Waals surface area contributed by atoms with E-state index in [-0.39, 0.29) is 5.41 Å². The first-order chi connectivity index (χ1) is 20.1. The van der Waals surface area contributed by atoms with E-state index < -0.39 is 0 Å². The van der Waals surface area contributed by atoms with Gasteiger partial charge in [0.2, 0.25) is 0 Å². The van der Waals surface area contributed by atoms with Crippen LogP contribution in [0.4, 0.5) is 17.1 Å². The predicted molar refractivity (Wildman–Crippen MR) is 174 cm³/mol. The van der Waals surface area contributed by atoms with Gasteiger partial charge in [0.15, 0.2) is 0 Å². The summed E-state index contributed by atoms with van der Waals surface area (Å²) in [7, 11) is 0. The fourth-order valence-electron chi connectivity index (χ4n) is 7.46. The summed E-state index contributed by atoms with van der Waals surface area (Å²) in [4.78, 5) is 1.34. The molecule has 1 unspecified atom stereocenters. The molecule has 1 aliphatic heterocycles. The van der Waals surface area contributed by atoms with Crippen molar-refractivity contribution in [3.63, 3.8) is 0 Å². The van der Waals surface area contributed by atoms with Crippen LogP contribution < -0.4 is 4.90 Å². The SMILES string of the molecule is CC1(C)c2cc([NH+]3c4ccccc4-c4cc(-c5ccccc5)ccc43)ccc2-c2ccc3sc4ccccc4c3c21. The highest BCUT2D eigenvalue weighted by molar-refractivity contribution is 7.25. The van der Waals surface area contributed by atoms with Crippen LogP contribution in [0.2, 0.25) is 0 Å². The molecule has 0 spiro atoms. The number of rotatable bonds is 2. The van der Waals surface area contributed by atoms with E-state index in [4.69, 9.17) is 0 Å². The molecule has 1 atom stereocenters. The Balaban J connectivity index is 1.23. The zero-order chi connectivity index (χ0) is 27.3. The molecule has 41 heavy (non-hydrogen) atoms. The average Bonchev–Trinajstić information content (AvgIpc) is 3.63. The van der Waals surface area contributed by atoms with Gasteiger partial charge in [0.05, 0.1) is 5.56 Å². The van der Waals surface area contributed by atoms with Gasteiger partial charge in [0.25, 0.3) is 0 Å². The van der Waals surface area contributed by atoms with Gasteiger partial charge in [0.1, 0.15) is 17.1 Å². The van der Waals surface area contributed by atoms with E-state index in [9.17, 15) is 0 Å². The minimum atomic E-state index is -0.0945. The number of nitrogens with one attached hydrogen (secondary N) is 1. The largest absolute Gasteiger partial charge is 0.237 e. The Morgan fingerprint density at radius 1 is 0.537 bits per heavy atom. The molecule has 2 aliphatic rings. The molecule has 2 heterocycles. The molecular formula is C39H28NS+. The molecule has 0 bridgehead atoms. The predicted octanol–water partition coefficient (Wildman–Crippen LogP) is 10.2. The molecule has 0 amide bonds. The zero-order valence-corrected chi connectivity index (χ0v) is 23.8. The van der Waals surface area contributed by atoms with Gasteiger partial charge in [-0.1, -0.05) is 80.6 Å². The van der Waals surface area contributed by atoms with Crippen molar-refractivity contribution >= 4 is 48.6 Å². The standard InChI is InChI=1S/C39H27NS/c1-39(2)32-23-26(17-18-27(32)29-19-21-36-37(38(29)39)30-13-7-9-15-35(30)41-36)40-33-14-8-6-12-28(33)31-22-25(16-20-34(31)40)24-10-4-3-5-11-24/h3-23H,1-2H3/p+1. The second-order valence-corrected chi connectivity index (χ2v) is 13.0. The van der Waals surface area contributed by atoms with Gasteiger partial charge in [0, 0.05) is 55.4 Å². The lowest BCUT2D eigenvalue weighted by molar-refractivity contribution is -0.677. The van der Waals surface area contributed by atoms with Gasteiger partial charge in [-0.15, -0.1) is 11.3 Å². The van der Waals surface area contributed by atoms with Crippen LogP contribution in [0.15, 0.2) is 127 Å². The number of quaternary nitrogens is 1. The maximum Gasteiger partial charge on any atom is 0.149 e. The van der Waals surface area contributed by atoms with Crippen LogP contribution in [0.25, 0.3) is 53.6 Å². The van der Waals surface area contributed by atoms with Crippen LogP contribution >= 0.6 is 11.3 Å². The Hall–Kier alpha value is -4.50. The third-order valence-corrected chi connectivity index (χ3v) is 10.5. The van der Waals surface area contributed by atoms with E-state index in [2.05, 4.69) is 141 Å². The number of para-hydroxylation sites is 1. The van der Waals surface area contributed by atoms with Crippen molar-refractivity contribution in [3.8, 4) is 33.4 Å². The van der Waals surface area contributed by atoms with Crippen LogP contribution in [-0.4, -0.2) is 0 Å². The highest BCUT2D eigenvalue weighted by Gasteiger charge is 2.40. The topological polar surface area (TPSA) is 4.44 Å². The zero-order valence-electron chi connectivity index (χ0n) is 23.0. The summed E-state index contributed by atoms with van der Waals surface area (Å²) in [6, 6.07) is 47.4. The fourth-order valence-corrected chi connectivity index (χ4v) is 8.58. The lowest BCUT2D eigenvalue weighted by atomic mass is 9.80. The lowest BCUT2D eigenvalue weighted by Gasteiger charge is -2.24. The third-order valence-electron chi connectivity index (χ3n) is 9.32. The van der Waals surface area contributed by atoms with Crippen molar-refractivity contribution in [2.24, 2.45) is 0 Å². The van der Waals surface area contributed by atoms with Gasteiger partial charge in [-0.2, -0.15) is 0 Å². The molecular weight excluding hydrogens is 515 g/mol. The Labute approximate surface area is 244 Å². The van der Waals surface area contributed by atoms with Gasteiger partial charge in [-0.3, -0.25) is 0 Å². The van der Waals surface area contributed by atoms with E-state index in [0.717, 1.165) is 0 Å². The summed E-state index contributed by atoms with van der Waals surface area (Å²) in [6.07, 6.45) is 0. The van der Waals surface area contributed by atoms with Crippen LogP contribution in [-0.2, 0) is 5.41 Å². The Bertz CT molecular complexity index is 2180. The highest BCUT2D eigenvalue weighted by Crippen LogP contribution is 2.54. The Morgan fingerprint density at radius 2 is 1.29 bits per heavy atom. The quantitative estimate of drug-likeness (QED) is 0.222. The van der Waals surface area contributed by atoms with Crippen LogP contribution in [0.5, 0.6) is 0 Å². The first kappa shape index (κ1) is 23.2. The minimum Gasteiger partial charge on any atom is -0.237 e. The van der Waals surface area contributed by atoms with Gasteiger partial charge >= 0.3 is 0 Å². The molecule has 1 aliphatic carbocycles. The van der Waals surface area contributed by atoms with E-state index in [0.29, 0.717) is 0 Å². The summed E-state index contributed by atoms with van der Waals surface area (Å²) < 4.78 is 2.75. The molecule has 2 heteroatoms. The molecule has 0 fully saturated rings. The van der Waals surface area contributed by atoms with Crippen molar-refractivity contribution in [2.45, 2.75) is 19.3 Å². The van der Waals surface area contributed by atoms with Gasteiger partial charge < -0.3 is 0 Å². The Kier molecular flexibility index (Phi) is 4.68. The van der Waals surface area contributed by atoms with Crippen molar-refractivity contribution in [2.75, 3.05) is 0 Å². The second-order valence-electron chi connectivity index (χ2n) is 11.9. The molecule has 194 valence electrons. The maximum absolute atomic E-state index is 2.49. The van der Waals surface area contributed by atoms with Crippen molar-refractivity contribution in [1.29, 1.82) is 0 Å². The molecule has 1 nitrogen and oxygen atoms in total. The summed E-state index contributed by atoms with van der Waals surface area (Å²) >= 11 is 1.91. The number of thiophene rings is 1. The monoisotopic (exact) mass is 542 g/mol. The van der Waals surface area contributed by atoms with E-state index in [1.807, 2.05) is 11.3 Å². The molecule has 1 N–H and O–H groups in total. The number of hydrogen-bond donors (Lipinski definition) is 1. The van der Waals surface area contributed by atoms with Gasteiger partial charge in [-0.25, -0.2) is 4.90 Å². The van der Waals surface area contributed by atoms with Crippen molar-refractivity contribution in [1.82, 2.24) is 0 Å². The fraction of sp³-hybridized carbons (Fsp3) is 0.0769. The van der Waals surface area contributed by atoms with Crippen LogP contribution in [0, 0.1) is 0 Å². The van der Waals surface area contributed by atoms with Crippen LogP contribution in [0.1, 0.15) is 25.0 Å². The van der Waals surface area contributed by atoms with Crippen LogP contribution in [0.3, 0.4) is 0 Å². The highest BCUT2D eigenvalue weighted by atomic mass is 32.1. The molecule has 1 aromatic heterocycles. The number of benzene rings is 6. The van der Waals surface area contributed by atoms with Gasteiger partial charge in [-0.05, 0) is 69.8 Å². The first-order valence-corrected chi connectivity index (χ1v) is 15.2. The van der Waals surface area contributed by atoms with Crippen molar-refractivity contribution in [3.05, 3.63) is 139 Å². The molecule has 0 saturated heterocycles. The molecule has 9 rings (SSSR count). The van der Waals surface area contributed by atoms with E-state index in [1.54, 1.807) is 0 Å². The molecule has 6 aromatic carbocycles.